The molecular weight excluding hydrogens is 316 g/mol. The van der Waals surface area contributed by atoms with Crippen molar-refractivity contribution in [2.45, 2.75) is 51.2 Å². The zero-order chi connectivity index (χ0) is 17.9. The molecule has 1 N–H and O–H groups in total. The number of likely N-dealkylation sites (tertiary alicyclic amines) is 2. The number of rotatable bonds is 4. The molecular formula is C19H36N4O2. The monoisotopic (exact) mass is 352 g/mol. The van der Waals surface area contributed by atoms with Gasteiger partial charge in [0.25, 0.3) is 0 Å². The van der Waals surface area contributed by atoms with Crippen LogP contribution in [0.3, 0.4) is 0 Å². The summed E-state index contributed by atoms with van der Waals surface area (Å²) in [7, 11) is 3.73. The van der Waals surface area contributed by atoms with E-state index in [1.807, 2.05) is 14.2 Å². The molecule has 3 saturated heterocycles. The van der Waals surface area contributed by atoms with Gasteiger partial charge in [-0.3, -0.25) is 9.89 Å². The van der Waals surface area contributed by atoms with Crippen molar-refractivity contribution in [3.63, 3.8) is 0 Å². The zero-order valence-electron chi connectivity index (χ0n) is 16.5. The van der Waals surface area contributed by atoms with E-state index in [0.29, 0.717) is 11.5 Å². The molecule has 1 spiro atoms. The van der Waals surface area contributed by atoms with E-state index < -0.39 is 0 Å². The van der Waals surface area contributed by atoms with Gasteiger partial charge in [0.15, 0.2) is 5.96 Å². The molecule has 0 amide bonds. The van der Waals surface area contributed by atoms with Crippen molar-refractivity contribution >= 4 is 5.96 Å². The first kappa shape index (κ1) is 18.9. The topological polar surface area (TPSA) is 49.3 Å². The third-order valence-electron chi connectivity index (χ3n) is 6.45. The second-order valence-corrected chi connectivity index (χ2v) is 8.61. The summed E-state index contributed by atoms with van der Waals surface area (Å²) < 4.78 is 11.2. The molecule has 0 aromatic carbocycles. The Morgan fingerprint density at radius 2 is 2.04 bits per heavy atom. The average molecular weight is 353 g/mol. The first-order valence-electron chi connectivity index (χ1n) is 9.79. The van der Waals surface area contributed by atoms with Crippen LogP contribution in [0.25, 0.3) is 0 Å². The standard InChI is InChI=1S/C19H36N4O2/c1-18(2,23-9-5-16(24-4)6-10-23)13-21-17(20-3)22-11-7-19(14-22)8-12-25-15-19/h16H,5-15H2,1-4H3,(H,20,21). The highest BCUT2D eigenvalue weighted by molar-refractivity contribution is 5.80. The van der Waals surface area contributed by atoms with Gasteiger partial charge in [0.05, 0.1) is 12.7 Å². The number of nitrogens with one attached hydrogen (secondary N) is 1. The summed E-state index contributed by atoms with van der Waals surface area (Å²) in [6.45, 7) is 11.8. The molecule has 25 heavy (non-hydrogen) atoms. The van der Waals surface area contributed by atoms with E-state index in [1.165, 1.54) is 12.8 Å². The lowest BCUT2D eigenvalue weighted by Gasteiger charge is -2.43. The normalized spacial score (nSPS) is 29.8. The molecule has 0 aliphatic carbocycles. The maximum absolute atomic E-state index is 5.65. The summed E-state index contributed by atoms with van der Waals surface area (Å²) in [5.41, 5.74) is 0.484. The molecule has 0 radical (unpaired) electrons. The number of aliphatic imine (C=N–C) groups is 1. The molecule has 3 fully saturated rings. The number of methoxy groups -OCH3 is 1. The number of hydrogen-bond donors (Lipinski definition) is 1. The van der Waals surface area contributed by atoms with E-state index in [9.17, 15) is 0 Å². The van der Waals surface area contributed by atoms with Crippen LogP contribution in [0.2, 0.25) is 0 Å². The predicted octanol–water partition coefficient (Wildman–Crippen LogP) is 1.56. The summed E-state index contributed by atoms with van der Waals surface area (Å²) in [6.07, 6.45) is 5.11. The SMILES string of the molecule is CN=C(NCC(C)(C)N1CCC(OC)CC1)N1CCC2(CCOC2)C1. The Labute approximate surface area is 152 Å². The number of hydrogen-bond acceptors (Lipinski definition) is 4. The van der Waals surface area contributed by atoms with Crippen LogP contribution in [0.5, 0.6) is 0 Å². The van der Waals surface area contributed by atoms with Gasteiger partial charge in [-0.2, -0.15) is 0 Å². The van der Waals surface area contributed by atoms with Crippen molar-refractivity contribution in [3.05, 3.63) is 0 Å². The Balaban J connectivity index is 1.51. The van der Waals surface area contributed by atoms with Gasteiger partial charge in [0.2, 0.25) is 0 Å². The van der Waals surface area contributed by atoms with Crippen LogP contribution in [-0.4, -0.2) is 87.5 Å². The van der Waals surface area contributed by atoms with Crippen molar-refractivity contribution < 1.29 is 9.47 Å². The van der Waals surface area contributed by atoms with Crippen LogP contribution in [0.4, 0.5) is 0 Å². The maximum Gasteiger partial charge on any atom is 0.193 e. The van der Waals surface area contributed by atoms with Crippen molar-refractivity contribution in [2.24, 2.45) is 10.4 Å². The lowest BCUT2D eigenvalue weighted by Crippen LogP contribution is -2.56. The van der Waals surface area contributed by atoms with Gasteiger partial charge in [-0.1, -0.05) is 0 Å². The number of piperidine rings is 1. The molecule has 6 nitrogen and oxygen atoms in total. The number of guanidine groups is 1. The van der Waals surface area contributed by atoms with Gasteiger partial charge in [0.1, 0.15) is 0 Å². The Bertz CT molecular complexity index is 466. The lowest BCUT2D eigenvalue weighted by molar-refractivity contribution is 0.00766. The van der Waals surface area contributed by atoms with Gasteiger partial charge in [0, 0.05) is 64.4 Å². The molecule has 0 aromatic heterocycles. The molecule has 0 bridgehead atoms. The molecule has 3 rings (SSSR count). The summed E-state index contributed by atoms with van der Waals surface area (Å²) in [5, 5.41) is 3.64. The first-order chi connectivity index (χ1) is 12.0. The summed E-state index contributed by atoms with van der Waals surface area (Å²) in [6, 6.07) is 0. The van der Waals surface area contributed by atoms with E-state index in [-0.39, 0.29) is 5.54 Å². The molecule has 144 valence electrons. The van der Waals surface area contributed by atoms with E-state index in [0.717, 1.165) is 64.7 Å². The molecule has 0 aromatic rings. The quantitative estimate of drug-likeness (QED) is 0.615. The lowest BCUT2D eigenvalue weighted by atomic mass is 9.87. The minimum atomic E-state index is 0.114. The maximum atomic E-state index is 5.65. The number of nitrogens with zero attached hydrogens (tertiary/aromatic N) is 3. The van der Waals surface area contributed by atoms with Gasteiger partial charge < -0.3 is 19.7 Å². The Kier molecular flexibility index (Phi) is 5.91. The van der Waals surface area contributed by atoms with Gasteiger partial charge in [-0.25, -0.2) is 0 Å². The van der Waals surface area contributed by atoms with Gasteiger partial charge >= 0.3 is 0 Å². The minimum absolute atomic E-state index is 0.114. The third kappa shape index (κ3) is 4.29. The van der Waals surface area contributed by atoms with Crippen LogP contribution in [0.15, 0.2) is 4.99 Å². The molecule has 1 atom stereocenters. The second kappa shape index (κ2) is 7.80. The molecule has 1 unspecified atom stereocenters. The molecule has 3 heterocycles. The average Bonchev–Trinajstić information content (AvgIpc) is 3.26. The van der Waals surface area contributed by atoms with Crippen molar-refractivity contribution in [1.82, 2.24) is 15.1 Å². The van der Waals surface area contributed by atoms with Crippen LogP contribution in [0.1, 0.15) is 39.5 Å². The largest absolute Gasteiger partial charge is 0.381 e. The van der Waals surface area contributed by atoms with Crippen LogP contribution >= 0.6 is 0 Å². The summed E-state index contributed by atoms with van der Waals surface area (Å²) in [4.78, 5) is 9.55. The van der Waals surface area contributed by atoms with Crippen LogP contribution in [-0.2, 0) is 9.47 Å². The van der Waals surface area contributed by atoms with Gasteiger partial charge in [-0.15, -0.1) is 0 Å². The fourth-order valence-corrected chi connectivity index (χ4v) is 4.52. The van der Waals surface area contributed by atoms with Crippen molar-refractivity contribution in [2.75, 3.05) is 60.1 Å². The minimum Gasteiger partial charge on any atom is -0.381 e. The van der Waals surface area contributed by atoms with E-state index >= 15 is 0 Å². The zero-order valence-corrected chi connectivity index (χ0v) is 16.5. The van der Waals surface area contributed by atoms with Gasteiger partial charge in [-0.05, 0) is 39.5 Å². The highest BCUT2D eigenvalue weighted by atomic mass is 16.5. The Morgan fingerprint density at radius 1 is 1.28 bits per heavy atom. The summed E-state index contributed by atoms with van der Waals surface area (Å²) >= 11 is 0. The Morgan fingerprint density at radius 3 is 2.64 bits per heavy atom. The fourth-order valence-electron chi connectivity index (χ4n) is 4.52. The highest BCUT2D eigenvalue weighted by Crippen LogP contribution is 2.38. The predicted molar refractivity (Wildman–Crippen MR) is 101 cm³/mol. The smallest absolute Gasteiger partial charge is 0.193 e. The molecule has 0 saturated carbocycles. The highest BCUT2D eigenvalue weighted by Gasteiger charge is 2.42. The van der Waals surface area contributed by atoms with E-state index in [4.69, 9.17) is 9.47 Å². The van der Waals surface area contributed by atoms with E-state index in [1.54, 1.807) is 0 Å². The fraction of sp³-hybridized carbons (Fsp3) is 0.947. The van der Waals surface area contributed by atoms with Crippen molar-refractivity contribution in [1.29, 1.82) is 0 Å². The Hall–Kier alpha value is -0.850. The van der Waals surface area contributed by atoms with Crippen LogP contribution < -0.4 is 5.32 Å². The van der Waals surface area contributed by atoms with Crippen molar-refractivity contribution in [3.8, 4) is 0 Å². The second-order valence-electron chi connectivity index (χ2n) is 8.61. The van der Waals surface area contributed by atoms with E-state index in [2.05, 4.69) is 34.0 Å². The molecule has 3 aliphatic heterocycles. The molecule has 3 aliphatic rings. The van der Waals surface area contributed by atoms with Crippen LogP contribution in [0, 0.1) is 5.41 Å². The summed E-state index contributed by atoms with van der Waals surface area (Å²) in [5.74, 6) is 1.05. The molecule has 6 heteroatoms. The number of ether oxygens (including phenoxy) is 2. The third-order valence-corrected chi connectivity index (χ3v) is 6.45. The first-order valence-corrected chi connectivity index (χ1v) is 9.79.